The summed E-state index contributed by atoms with van der Waals surface area (Å²) in [5.74, 6) is -1.12. The molecule has 0 aromatic heterocycles. The first-order valence-corrected chi connectivity index (χ1v) is 6.81. The molecule has 2 amide bonds. The Bertz CT molecular complexity index is 433. The van der Waals surface area contributed by atoms with Crippen molar-refractivity contribution in [2.45, 2.75) is 18.9 Å². The van der Waals surface area contributed by atoms with Gasteiger partial charge in [-0.1, -0.05) is 17.2 Å². The SMILES string of the molecule is O=C(OCCOC1/C=C/COCOC1)ON1C(=O)CCC1=O. The normalized spacial score (nSPS) is 23.8. The summed E-state index contributed by atoms with van der Waals surface area (Å²) in [4.78, 5) is 38.3. The molecule has 0 radical (unpaired) electrons. The molecule has 0 aliphatic carbocycles. The summed E-state index contributed by atoms with van der Waals surface area (Å²) < 4.78 is 20.4. The van der Waals surface area contributed by atoms with Gasteiger partial charge in [0.25, 0.3) is 11.8 Å². The first-order valence-electron chi connectivity index (χ1n) is 6.81. The second-order valence-corrected chi connectivity index (χ2v) is 4.47. The van der Waals surface area contributed by atoms with Crippen molar-refractivity contribution < 1.29 is 38.2 Å². The molecule has 1 atom stereocenters. The molecule has 1 fully saturated rings. The molecule has 122 valence electrons. The molecule has 22 heavy (non-hydrogen) atoms. The highest BCUT2D eigenvalue weighted by molar-refractivity contribution is 6.01. The third-order valence-corrected chi connectivity index (χ3v) is 2.82. The van der Waals surface area contributed by atoms with Crippen LogP contribution in [-0.2, 0) is 33.4 Å². The van der Waals surface area contributed by atoms with Crippen LogP contribution in [0.2, 0.25) is 0 Å². The lowest BCUT2D eigenvalue weighted by Gasteiger charge is -2.17. The van der Waals surface area contributed by atoms with Crippen molar-refractivity contribution in [3.05, 3.63) is 12.2 Å². The Morgan fingerprint density at radius 1 is 1.23 bits per heavy atom. The zero-order valence-electron chi connectivity index (χ0n) is 11.9. The van der Waals surface area contributed by atoms with E-state index in [0.717, 1.165) is 0 Å². The molecule has 2 heterocycles. The number of imide groups is 1. The van der Waals surface area contributed by atoms with Crippen molar-refractivity contribution in [1.82, 2.24) is 5.06 Å². The van der Waals surface area contributed by atoms with Crippen LogP contribution in [0.4, 0.5) is 4.79 Å². The maximum atomic E-state index is 11.3. The van der Waals surface area contributed by atoms with Gasteiger partial charge in [0.05, 0.1) is 25.9 Å². The van der Waals surface area contributed by atoms with E-state index in [9.17, 15) is 14.4 Å². The Morgan fingerprint density at radius 2 is 2.00 bits per heavy atom. The lowest BCUT2D eigenvalue weighted by molar-refractivity contribution is -0.177. The molecule has 9 nitrogen and oxygen atoms in total. The van der Waals surface area contributed by atoms with E-state index in [1.54, 1.807) is 6.08 Å². The molecule has 1 unspecified atom stereocenters. The first kappa shape index (κ1) is 16.4. The van der Waals surface area contributed by atoms with Gasteiger partial charge in [-0.25, -0.2) is 4.79 Å². The largest absolute Gasteiger partial charge is 0.534 e. The van der Waals surface area contributed by atoms with Crippen LogP contribution in [0.15, 0.2) is 12.2 Å². The van der Waals surface area contributed by atoms with Crippen LogP contribution in [0.25, 0.3) is 0 Å². The van der Waals surface area contributed by atoms with Crippen LogP contribution in [0.1, 0.15) is 12.8 Å². The molecule has 2 aliphatic heterocycles. The van der Waals surface area contributed by atoms with Crippen LogP contribution >= 0.6 is 0 Å². The summed E-state index contributed by atoms with van der Waals surface area (Å²) >= 11 is 0. The molecular formula is C13H17NO8. The predicted octanol–water partition coefficient (Wildman–Crippen LogP) is 0.149. The second kappa shape index (κ2) is 8.47. The highest BCUT2D eigenvalue weighted by Gasteiger charge is 2.33. The predicted molar refractivity (Wildman–Crippen MR) is 69.2 cm³/mol. The van der Waals surface area contributed by atoms with E-state index in [2.05, 4.69) is 4.84 Å². The quantitative estimate of drug-likeness (QED) is 0.306. The fraction of sp³-hybridized carbons (Fsp3) is 0.615. The number of hydrogen-bond donors (Lipinski definition) is 0. The average Bonchev–Trinajstić information content (AvgIpc) is 2.77. The van der Waals surface area contributed by atoms with E-state index in [1.165, 1.54) is 0 Å². The molecule has 9 heteroatoms. The zero-order valence-corrected chi connectivity index (χ0v) is 11.9. The highest BCUT2D eigenvalue weighted by atomic mass is 16.8. The molecule has 0 spiro atoms. The Kier molecular flexibility index (Phi) is 6.31. The summed E-state index contributed by atoms with van der Waals surface area (Å²) in [5.41, 5.74) is 0. The molecule has 2 rings (SSSR count). The van der Waals surface area contributed by atoms with E-state index < -0.39 is 18.0 Å². The van der Waals surface area contributed by atoms with Crippen LogP contribution in [0.5, 0.6) is 0 Å². The second-order valence-electron chi connectivity index (χ2n) is 4.47. The van der Waals surface area contributed by atoms with Crippen molar-refractivity contribution in [3.8, 4) is 0 Å². The van der Waals surface area contributed by atoms with Crippen molar-refractivity contribution in [1.29, 1.82) is 0 Å². The number of ether oxygens (including phenoxy) is 4. The topological polar surface area (TPSA) is 101 Å². The minimum absolute atomic E-state index is 0.0347. The minimum atomic E-state index is -1.12. The van der Waals surface area contributed by atoms with Gasteiger partial charge in [0.15, 0.2) is 0 Å². The van der Waals surface area contributed by atoms with Gasteiger partial charge in [-0.05, 0) is 0 Å². The van der Waals surface area contributed by atoms with Gasteiger partial charge in [0.2, 0.25) is 0 Å². The number of carbonyl (C=O) groups is 3. The van der Waals surface area contributed by atoms with Crippen molar-refractivity contribution >= 4 is 18.0 Å². The van der Waals surface area contributed by atoms with Crippen molar-refractivity contribution in [3.63, 3.8) is 0 Å². The van der Waals surface area contributed by atoms with Gasteiger partial charge < -0.3 is 18.9 Å². The maximum Gasteiger partial charge on any atom is 0.534 e. The molecule has 0 N–H and O–H groups in total. The third-order valence-electron chi connectivity index (χ3n) is 2.82. The summed E-state index contributed by atoms with van der Waals surface area (Å²) in [6, 6.07) is 0. The van der Waals surface area contributed by atoms with Gasteiger partial charge in [-0.2, -0.15) is 0 Å². The number of carbonyl (C=O) groups excluding carboxylic acids is 3. The fourth-order valence-electron chi connectivity index (χ4n) is 1.79. The number of nitrogens with zero attached hydrogens (tertiary/aromatic N) is 1. The molecular weight excluding hydrogens is 298 g/mol. The molecule has 0 bridgehead atoms. The van der Waals surface area contributed by atoms with E-state index in [0.29, 0.717) is 18.3 Å². The van der Waals surface area contributed by atoms with Gasteiger partial charge in [0, 0.05) is 12.8 Å². The minimum Gasteiger partial charge on any atom is -0.430 e. The zero-order chi connectivity index (χ0) is 15.8. The molecule has 0 saturated carbocycles. The van der Waals surface area contributed by atoms with Crippen molar-refractivity contribution in [2.24, 2.45) is 0 Å². The van der Waals surface area contributed by atoms with E-state index in [4.69, 9.17) is 18.9 Å². The molecule has 0 aromatic carbocycles. The first-order chi connectivity index (χ1) is 10.7. The number of hydrogen-bond acceptors (Lipinski definition) is 8. The van der Waals surface area contributed by atoms with Crippen molar-refractivity contribution in [2.75, 3.05) is 33.2 Å². The molecule has 1 saturated heterocycles. The third kappa shape index (κ3) is 5.10. The Morgan fingerprint density at radius 3 is 2.77 bits per heavy atom. The standard InChI is InChI=1S/C13H17NO8/c15-11-3-4-12(16)14(11)22-13(17)21-7-6-20-10-2-1-5-18-9-19-8-10/h1-2,10H,3-9H2/b2-1+. The monoisotopic (exact) mass is 315 g/mol. The lowest BCUT2D eigenvalue weighted by atomic mass is 10.3. The van der Waals surface area contributed by atoms with E-state index >= 15 is 0 Å². The number of amides is 2. The number of hydroxylamine groups is 2. The molecule has 2 aliphatic rings. The fourth-order valence-corrected chi connectivity index (χ4v) is 1.79. The van der Waals surface area contributed by atoms with Gasteiger partial charge in [-0.15, -0.1) is 0 Å². The van der Waals surface area contributed by atoms with Gasteiger partial charge >= 0.3 is 6.16 Å². The van der Waals surface area contributed by atoms with Crippen LogP contribution in [0, 0.1) is 0 Å². The molecule has 0 aromatic rings. The summed E-state index contributed by atoms with van der Waals surface area (Å²) in [7, 11) is 0. The Hall–Kier alpha value is -1.97. The lowest BCUT2D eigenvalue weighted by Crippen LogP contribution is -2.32. The van der Waals surface area contributed by atoms with Gasteiger partial charge in [0.1, 0.15) is 13.4 Å². The summed E-state index contributed by atoms with van der Waals surface area (Å²) in [6.45, 7) is 1.02. The van der Waals surface area contributed by atoms with Gasteiger partial charge in [-0.3, -0.25) is 14.4 Å². The highest BCUT2D eigenvalue weighted by Crippen LogP contribution is 2.12. The maximum absolute atomic E-state index is 11.3. The smallest absolute Gasteiger partial charge is 0.430 e. The van der Waals surface area contributed by atoms with Crippen LogP contribution in [0.3, 0.4) is 0 Å². The number of rotatable bonds is 5. The Balaban J connectivity index is 1.61. The van der Waals surface area contributed by atoms with E-state index in [1.807, 2.05) is 6.08 Å². The van der Waals surface area contributed by atoms with Crippen LogP contribution in [-0.4, -0.2) is 62.4 Å². The van der Waals surface area contributed by atoms with E-state index in [-0.39, 0.29) is 39.0 Å². The summed E-state index contributed by atoms with van der Waals surface area (Å²) in [5, 5.41) is 0.425. The van der Waals surface area contributed by atoms with Crippen LogP contribution < -0.4 is 0 Å². The average molecular weight is 315 g/mol. The Labute approximate surface area is 126 Å². The summed E-state index contributed by atoms with van der Waals surface area (Å²) in [6.07, 6.45) is 2.29.